The Morgan fingerprint density at radius 3 is 2.88 bits per heavy atom. The van der Waals surface area contributed by atoms with Crippen LogP contribution in [0.5, 0.6) is 0 Å². The van der Waals surface area contributed by atoms with Gasteiger partial charge in [0.2, 0.25) is 5.58 Å². The lowest BCUT2D eigenvalue weighted by Gasteiger charge is -2.31. The van der Waals surface area contributed by atoms with E-state index in [0.29, 0.717) is 28.9 Å². The van der Waals surface area contributed by atoms with Crippen molar-refractivity contribution < 1.29 is 4.42 Å². The molecule has 3 heterocycles. The Morgan fingerprint density at radius 1 is 1.35 bits per heavy atom. The Balaban J connectivity index is 1.59. The highest BCUT2D eigenvalue weighted by atomic mass is 16.3. The lowest BCUT2D eigenvalue weighted by molar-refractivity contribution is 0.233. The normalized spacial score (nSPS) is 16.1. The molecule has 3 aromatic rings. The van der Waals surface area contributed by atoms with Crippen LogP contribution in [-0.2, 0) is 6.54 Å². The molecule has 1 aromatic carbocycles. The molecule has 7 heteroatoms. The van der Waals surface area contributed by atoms with Gasteiger partial charge in [-0.2, -0.15) is 0 Å². The molecule has 0 aliphatic carbocycles. The molecule has 1 aliphatic rings. The monoisotopic (exact) mass is 350 g/mol. The van der Waals surface area contributed by atoms with E-state index in [4.69, 9.17) is 12.3 Å². The summed E-state index contributed by atoms with van der Waals surface area (Å²) in [6.07, 6.45) is 2.55. The summed E-state index contributed by atoms with van der Waals surface area (Å²) >= 11 is 0. The van der Waals surface area contributed by atoms with Gasteiger partial charge in [-0.25, -0.2) is 4.98 Å². The van der Waals surface area contributed by atoms with Crippen molar-refractivity contribution in [1.29, 1.82) is 0 Å². The van der Waals surface area contributed by atoms with Crippen LogP contribution < -0.4 is 16.3 Å². The van der Waals surface area contributed by atoms with Gasteiger partial charge in [0.1, 0.15) is 24.8 Å². The van der Waals surface area contributed by atoms with Crippen molar-refractivity contribution in [1.82, 2.24) is 20.2 Å². The number of rotatable bonds is 5. The quantitative estimate of drug-likeness (QED) is 0.681. The van der Waals surface area contributed by atoms with Gasteiger partial charge in [-0.05, 0) is 45.8 Å². The molecular formula is C19H23BN4O2. The van der Waals surface area contributed by atoms with Crippen LogP contribution in [0.2, 0.25) is 0 Å². The van der Waals surface area contributed by atoms with Gasteiger partial charge in [0.15, 0.2) is 0 Å². The summed E-state index contributed by atoms with van der Waals surface area (Å²) in [6.45, 7) is 8.14. The zero-order valence-electron chi connectivity index (χ0n) is 15.3. The third-order valence-corrected chi connectivity index (χ3v) is 4.95. The number of likely N-dealkylation sites (tertiary alicyclic amines) is 1. The van der Waals surface area contributed by atoms with E-state index in [-0.39, 0.29) is 16.7 Å². The van der Waals surface area contributed by atoms with E-state index < -0.39 is 0 Å². The zero-order chi connectivity index (χ0) is 18.3. The molecule has 0 atom stereocenters. The van der Waals surface area contributed by atoms with Crippen LogP contribution in [0.15, 0.2) is 27.4 Å². The predicted molar refractivity (Wildman–Crippen MR) is 104 cm³/mol. The van der Waals surface area contributed by atoms with Gasteiger partial charge in [0.25, 0.3) is 5.56 Å². The smallest absolute Gasteiger partial charge is 0.294 e. The fourth-order valence-corrected chi connectivity index (χ4v) is 3.68. The number of furan rings is 1. The molecule has 2 radical (unpaired) electrons. The maximum Gasteiger partial charge on any atom is 0.294 e. The maximum absolute atomic E-state index is 12.4. The first kappa shape index (κ1) is 17.3. The molecule has 26 heavy (non-hydrogen) atoms. The lowest BCUT2D eigenvalue weighted by atomic mass is 9.95. The second-order valence-corrected chi connectivity index (χ2v) is 7.77. The average molecular weight is 350 g/mol. The molecule has 6 nitrogen and oxygen atoms in total. The highest BCUT2D eigenvalue weighted by Crippen LogP contribution is 2.23. The van der Waals surface area contributed by atoms with E-state index in [1.165, 1.54) is 12.8 Å². The van der Waals surface area contributed by atoms with Gasteiger partial charge in [-0.15, -0.1) is 0 Å². The summed E-state index contributed by atoms with van der Waals surface area (Å²) in [6, 6.07) is 5.31. The molecule has 2 aromatic heterocycles. The minimum absolute atomic E-state index is 0.0687. The van der Waals surface area contributed by atoms with E-state index in [2.05, 4.69) is 34.0 Å². The van der Waals surface area contributed by atoms with Crippen molar-refractivity contribution in [2.45, 2.75) is 38.8 Å². The number of hydrogen-bond donors (Lipinski definition) is 2. The van der Waals surface area contributed by atoms with E-state index >= 15 is 0 Å². The van der Waals surface area contributed by atoms with Crippen molar-refractivity contribution in [3.63, 3.8) is 0 Å². The minimum Gasteiger partial charge on any atom is -0.449 e. The van der Waals surface area contributed by atoms with Crippen molar-refractivity contribution in [2.75, 3.05) is 19.6 Å². The Kier molecular flexibility index (Phi) is 4.36. The van der Waals surface area contributed by atoms with Crippen LogP contribution in [0.25, 0.3) is 22.1 Å². The SMILES string of the molecule is [B]c1ccc2oc3c(=O)[nH]c(CNC(C)(C)CN4CCCC4)nc3c2c1. The van der Waals surface area contributed by atoms with Crippen LogP contribution in [0.4, 0.5) is 0 Å². The topological polar surface area (TPSA) is 74.2 Å². The fourth-order valence-electron chi connectivity index (χ4n) is 3.68. The zero-order valence-corrected chi connectivity index (χ0v) is 15.3. The van der Waals surface area contributed by atoms with Crippen molar-refractivity contribution in [2.24, 2.45) is 0 Å². The Hall–Kier alpha value is -2.12. The largest absolute Gasteiger partial charge is 0.449 e. The predicted octanol–water partition coefficient (Wildman–Crippen LogP) is 1.43. The van der Waals surface area contributed by atoms with Gasteiger partial charge >= 0.3 is 0 Å². The molecule has 1 fully saturated rings. The Labute approximate surface area is 153 Å². The summed E-state index contributed by atoms with van der Waals surface area (Å²) in [5.74, 6) is 0.599. The van der Waals surface area contributed by atoms with E-state index in [1.54, 1.807) is 18.2 Å². The molecule has 0 saturated carbocycles. The molecule has 0 unspecified atom stereocenters. The first-order valence-electron chi connectivity index (χ1n) is 9.10. The van der Waals surface area contributed by atoms with Crippen LogP contribution in [-0.4, -0.2) is 47.9 Å². The second kappa shape index (κ2) is 6.56. The van der Waals surface area contributed by atoms with Crippen molar-refractivity contribution in [3.8, 4) is 0 Å². The van der Waals surface area contributed by atoms with Gasteiger partial charge in [0, 0.05) is 17.5 Å². The van der Waals surface area contributed by atoms with Gasteiger partial charge < -0.3 is 19.6 Å². The van der Waals surface area contributed by atoms with Crippen molar-refractivity contribution in [3.05, 3.63) is 34.4 Å². The van der Waals surface area contributed by atoms with E-state index in [1.807, 2.05) is 0 Å². The Bertz CT molecular complexity index is 1000. The lowest BCUT2D eigenvalue weighted by Crippen LogP contribution is -2.48. The third kappa shape index (κ3) is 3.41. The van der Waals surface area contributed by atoms with Gasteiger partial charge in [-0.1, -0.05) is 17.6 Å². The number of H-pyrrole nitrogens is 1. The summed E-state index contributed by atoms with van der Waals surface area (Å²) in [7, 11) is 5.87. The number of aromatic amines is 1. The molecule has 0 spiro atoms. The molecule has 4 rings (SSSR count). The number of nitrogens with one attached hydrogen (secondary N) is 2. The number of aromatic nitrogens is 2. The standard InChI is InChI=1S/C19H23BN4O2/c1-19(2,11-24-7-3-4-8-24)21-10-15-22-16-13-9-12(20)5-6-14(13)26-17(16)18(25)23-15/h5-6,9,21H,3-4,7-8,10-11H2,1-2H3,(H,22,23,25). The molecule has 2 N–H and O–H groups in total. The summed E-state index contributed by atoms with van der Waals surface area (Å²) < 4.78 is 5.64. The average Bonchev–Trinajstić information content (AvgIpc) is 3.21. The summed E-state index contributed by atoms with van der Waals surface area (Å²) in [4.78, 5) is 22.3. The van der Waals surface area contributed by atoms with Crippen LogP contribution >= 0.6 is 0 Å². The molecule has 0 amide bonds. The summed E-state index contributed by atoms with van der Waals surface area (Å²) in [5, 5.41) is 4.28. The number of benzene rings is 1. The van der Waals surface area contributed by atoms with E-state index in [0.717, 1.165) is 25.0 Å². The minimum atomic E-state index is -0.265. The maximum atomic E-state index is 12.4. The van der Waals surface area contributed by atoms with Crippen molar-refractivity contribution >= 4 is 35.4 Å². The van der Waals surface area contributed by atoms with Crippen LogP contribution in [0.1, 0.15) is 32.5 Å². The molecule has 1 saturated heterocycles. The molecule has 0 bridgehead atoms. The fraction of sp³-hybridized carbons (Fsp3) is 0.474. The number of nitrogens with zero attached hydrogens (tertiary/aromatic N) is 2. The van der Waals surface area contributed by atoms with Gasteiger partial charge in [0.05, 0.1) is 6.54 Å². The van der Waals surface area contributed by atoms with Crippen LogP contribution in [0.3, 0.4) is 0 Å². The molecule has 1 aliphatic heterocycles. The highest BCUT2D eigenvalue weighted by Gasteiger charge is 2.23. The number of fused-ring (bicyclic) bond motifs is 3. The Morgan fingerprint density at radius 2 is 2.12 bits per heavy atom. The first-order valence-corrected chi connectivity index (χ1v) is 9.10. The van der Waals surface area contributed by atoms with E-state index in [9.17, 15) is 4.79 Å². The first-order chi connectivity index (χ1) is 12.4. The second-order valence-electron chi connectivity index (χ2n) is 7.77. The third-order valence-electron chi connectivity index (χ3n) is 4.95. The number of hydrogen-bond acceptors (Lipinski definition) is 5. The van der Waals surface area contributed by atoms with Gasteiger partial charge in [-0.3, -0.25) is 4.79 Å². The molecular weight excluding hydrogens is 327 g/mol. The molecule has 134 valence electrons. The summed E-state index contributed by atoms with van der Waals surface area (Å²) in [5.41, 5.74) is 1.70. The van der Waals surface area contributed by atoms with Crippen LogP contribution in [0, 0.1) is 0 Å². The highest BCUT2D eigenvalue weighted by molar-refractivity contribution is 6.33.